The molecule has 0 amide bonds. The molecule has 0 unspecified atom stereocenters. The second-order valence-electron chi connectivity index (χ2n) is 8.05. The lowest BCUT2D eigenvalue weighted by atomic mass is 9.87. The Kier molecular flexibility index (Phi) is 5.28. The van der Waals surface area contributed by atoms with Crippen molar-refractivity contribution in [3.8, 4) is 0 Å². The zero-order valence-electron chi connectivity index (χ0n) is 17.2. The second-order valence-corrected chi connectivity index (χ2v) is 9.71. The van der Waals surface area contributed by atoms with Gasteiger partial charge in [-0.25, -0.2) is 0 Å². The van der Waals surface area contributed by atoms with Crippen molar-refractivity contribution in [3.05, 3.63) is 108 Å². The zero-order valence-corrected chi connectivity index (χ0v) is 18.0. The van der Waals surface area contributed by atoms with E-state index >= 15 is 0 Å². The van der Waals surface area contributed by atoms with Gasteiger partial charge in [-0.05, 0) is 54.7 Å². The monoisotopic (exact) mass is 431 g/mol. The minimum absolute atomic E-state index is 0.374. The molecule has 31 heavy (non-hydrogen) atoms. The lowest BCUT2D eigenvalue weighted by Crippen LogP contribution is -2.45. The molecule has 3 aromatic rings. The summed E-state index contributed by atoms with van der Waals surface area (Å²) < 4.78 is 32.8. The van der Waals surface area contributed by atoms with Crippen molar-refractivity contribution >= 4 is 21.5 Å². The largest absolute Gasteiger partial charge is 0.386 e. The minimum Gasteiger partial charge on any atom is -0.386 e. The SMILES string of the molecule is O=S1(=O)OC2=C(CCCC2)[C@@H](N(c2ccccc2)c2ccccc2)[C@@H]1c1ccccc1. The summed E-state index contributed by atoms with van der Waals surface area (Å²) in [6.45, 7) is 0. The highest BCUT2D eigenvalue weighted by molar-refractivity contribution is 7.87. The number of hydrogen-bond acceptors (Lipinski definition) is 4. The van der Waals surface area contributed by atoms with Gasteiger partial charge < -0.3 is 9.08 Å². The Hall–Kier alpha value is -3.05. The fraction of sp³-hybridized carbons (Fsp3) is 0.231. The van der Waals surface area contributed by atoms with Crippen LogP contribution in [0, 0.1) is 0 Å². The lowest BCUT2D eigenvalue weighted by Gasteiger charge is -2.44. The van der Waals surface area contributed by atoms with Crippen molar-refractivity contribution in [1.29, 1.82) is 0 Å². The Morgan fingerprint density at radius 1 is 0.710 bits per heavy atom. The first kappa shape index (κ1) is 19.9. The maximum atomic E-state index is 13.5. The van der Waals surface area contributed by atoms with Crippen LogP contribution >= 0.6 is 0 Å². The van der Waals surface area contributed by atoms with Crippen molar-refractivity contribution in [3.63, 3.8) is 0 Å². The molecule has 4 nitrogen and oxygen atoms in total. The lowest BCUT2D eigenvalue weighted by molar-refractivity contribution is 0.330. The van der Waals surface area contributed by atoms with Gasteiger partial charge in [-0.15, -0.1) is 0 Å². The molecule has 1 aliphatic heterocycles. The predicted molar refractivity (Wildman–Crippen MR) is 123 cm³/mol. The van der Waals surface area contributed by atoms with Crippen LogP contribution in [-0.4, -0.2) is 14.5 Å². The second kappa shape index (κ2) is 8.23. The van der Waals surface area contributed by atoms with Crippen molar-refractivity contribution in [2.75, 3.05) is 4.90 Å². The quantitative estimate of drug-likeness (QED) is 0.467. The molecule has 2 aliphatic rings. The van der Waals surface area contributed by atoms with E-state index < -0.39 is 15.4 Å². The first-order chi connectivity index (χ1) is 15.1. The molecule has 0 aromatic heterocycles. The third-order valence-electron chi connectivity index (χ3n) is 6.10. The highest BCUT2D eigenvalue weighted by atomic mass is 32.2. The van der Waals surface area contributed by atoms with Gasteiger partial charge in [0.25, 0.3) is 0 Å². The van der Waals surface area contributed by atoms with Crippen LogP contribution in [-0.2, 0) is 14.3 Å². The Bertz CT molecular complexity index is 1140. The van der Waals surface area contributed by atoms with E-state index in [2.05, 4.69) is 4.90 Å². The highest BCUT2D eigenvalue weighted by Gasteiger charge is 2.48. The van der Waals surface area contributed by atoms with Gasteiger partial charge in [0.1, 0.15) is 11.0 Å². The topological polar surface area (TPSA) is 46.6 Å². The summed E-state index contributed by atoms with van der Waals surface area (Å²) in [6.07, 6.45) is 3.50. The van der Waals surface area contributed by atoms with Gasteiger partial charge in [0.15, 0.2) is 0 Å². The summed E-state index contributed by atoms with van der Waals surface area (Å²) in [5.74, 6) is 0.639. The summed E-state index contributed by atoms with van der Waals surface area (Å²) in [5.41, 5.74) is 3.78. The molecule has 1 heterocycles. The maximum Gasteiger partial charge on any atom is 0.318 e. The van der Waals surface area contributed by atoms with E-state index in [0.29, 0.717) is 12.2 Å². The number of para-hydroxylation sites is 2. The van der Waals surface area contributed by atoms with Crippen LogP contribution in [0.15, 0.2) is 102 Å². The molecule has 0 bridgehead atoms. The van der Waals surface area contributed by atoms with Gasteiger partial charge in [0.05, 0.1) is 6.04 Å². The number of hydrogen-bond donors (Lipinski definition) is 0. The number of rotatable bonds is 4. The van der Waals surface area contributed by atoms with Crippen LogP contribution in [0.3, 0.4) is 0 Å². The van der Waals surface area contributed by atoms with Gasteiger partial charge in [0.2, 0.25) is 0 Å². The normalized spacial score (nSPS) is 22.3. The molecular weight excluding hydrogens is 406 g/mol. The highest BCUT2D eigenvalue weighted by Crippen LogP contribution is 2.48. The maximum absolute atomic E-state index is 13.5. The van der Waals surface area contributed by atoms with Crippen LogP contribution in [0.25, 0.3) is 0 Å². The molecule has 158 valence electrons. The van der Waals surface area contributed by atoms with Gasteiger partial charge >= 0.3 is 10.1 Å². The Labute approximate surface area is 183 Å². The van der Waals surface area contributed by atoms with E-state index in [0.717, 1.165) is 41.8 Å². The van der Waals surface area contributed by atoms with Gasteiger partial charge in [-0.3, -0.25) is 0 Å². The molecular formula is C26H25NO3S. The molecule has 0 saturated carbocycles. The van der Waals surface area contributed by atoms with Crippen LogP contribution in [0.5, 0.6) is 0 Å². The summed E-state index contributed by atoms with van der Waals surface area (Å²) >= 11 is 0. The third kappa shape index (κ3) is 3.74. The molecule has 0 N–H and O–H groups in total. The molecule has 0 fully saturated rings. The Balaban J connectivity index is 1.78. The molecule has 3 aromatic carbocycles. The fourth-order valence-corrected chi connectivity index (χ4v) is 6.44. The summed E-state index contributed by atoms with van der Waals surface area (Å²) in [7, 11) is -3.86. The predicted octanol–water partition coefficient (Wildman–Crippen LogP) is 6.12. The van der Waals surface area contributed by atoms with Crippen molar-refractivity contribution in [1.82, 2.24) is 0 Å². The molecule has 0 spiro atoms. The summed E-state index contributed by atoms with van der Waals surface area (Å²) in [6, 6.07) is 29.2. The first-order valence-electron chi connectivity index (χ1n) is 10.7. The smallest absolute Gasteiger partial charge is 0.318 e. The van der Waals surface area contributed by atoms with E-state index in [9.17, 15) is 8.42 Å². The zero-order chi connectivity index (χ0) is 21.3. The van der Waals surface area contributed by atoms with Crippen LogP contribution in [0.4, 0.5) is 11.4 Å². The standard InChI is InChI=1S/C26H25NO3S/c28-31(29)26(20-12-4-1-5-13-20)25(23-18-10-11-19-24(23)30-31)27(21-14-6-2-7-15-21)22-16-8-3-9-17-22/h1-9,12-17,25-26H,10-11,18-19H2/t25-,26+/m1/s1. The van der Waals surface area contributed by atoms with Gasteiger partial charge in [-0.1, -0.05) is 66.7 Å². The molecule has 1 aliphatic carbocycles. The van der Waals surface area contributed by atoms with Crippen LogP contribution in [0.1, 0.15) is 36.5 Å². The van der Waals surface area contributed by atoms with E-state index in [1.165, 1.54) is 0 Å². The number of benzene rings is 3. The summed E-state index contributed by atoms with van der Waals surface area (Å²) in [4.78, 5) is 2.18. The fourth-order valence-electron chi connectivity index (χ4n) is 4.77. The van der Waals surface area contributed by atoms with Gasteiger partial charge in [0, 0.05) is 17.8 Å². The average molecular weight is 432 g/mol. The molecule has 0 saturated heterocycles. The van der Waals surface area contributed by atoms with E-state index in [-0.39, 0.29) is 6.04 Å². The van der Waals surface area contributed by atoms with Crippen molar-refractivity contribution < 1.29 is 12.6 Å². The molecule has 5 heteroatoms. The Morgan fingerprint density at radius 2 is 1.23 bits per heavy atom. The van der Waals surface area contributed by atoms with Crippen LogP contribution < -0.4 is 4.90 Å². The van der Waals surface area contributed by atoms with Gasteiger partial charge in [-0.2, -0.15) is 8.42 Å². The first-order valence-corrected chi connectivity index (χ1v) is 12.2. The molecule has 2 atom stereocenters. The number of nitrogens with zero attached hydrogens (tertiary/aromatic N) is 1. The third-order valence-corrected chi connectivity index (χ3v) is 7.69. The van der Waals surface area contributed by atoms with E-state index in [1.54, 1.807) is 0 Å². The molecule has 0 radical (unpaired) electrons. The molecule has 5 rings (SSSR count). The number of allylic oxidation sites excluding steroid dienone is 1. The minimum atomic E-state index is -3.86. The van der Waals surface area contributed by atoms with Crippen molar-refractivity contribution in [2.45, 2.75) is 37.0 Å². The Morgan fingerprint density at radius 3 is 1.81 bits per heavy atom. The van der Waals surface area contributed by atoms with E-state index in [1.807, 2.05) is 91.0 Å². The average Bonchev–Trinajstić information content (AvgIpc) is 2.80. The van der Waals surface area contributed by atoms with E-state index in [4.69, 9.17) is 4.18 Å². The van der Waals surface area contributed by atoms with Crippen LogP contribution in [0.2, 0.25) is 0 Å². The van der Waals surface area contributed by atoms with Crippen molar-refractivity contribution in [2.24, 2.45) is 0 Å². The number of anilines is 2. The summed E-state index contributed by atoms with van der Waals surface area (Å²) in [5, 5.41) is -0.814.